The molecule has 1 aliphatic heterocycles. The molecule has 0 N–H and O–H groups in total. The second-order valence-corrected chi connectivity index (χ2v) is 6.31. The highest BCUT2D eigenvalue weighted by molar-refractivity contribution is 5.13. The van der Waals surface area contributed by atoms with Crippen LogP contribution in [0.15, 0.2) is 0 Å². The predicted octanol–water partition coefficient (Wildman–Crippen LogP) is 3.15. The number of rotatable bonds is 1. The number of fused-ring (bicyclic) bond motifs is 1. The van der Waals surface area contributed by atoms with Gasteiger partial charge in [-0.2, -0.15) is 0 Å². The lowest BCUT2D eigenvalue weighted by atomic mass is 9.87. The van der Waals surface area contributed by atoms with Crippen molar-refractivity contribution in [1.29, 1.82) is 0 Å². The van der Waals surface area contributed by atoms with Crippen molar-refractivity contribution in [2.75, 3.05) is 13.1 Å². The molecule has 0 aromatic rings. The Balaban J connectivity index is 2.04. The SMILES string of the molecule is CC(C)(C)N1CCC2(C(C)(F)F)CC2C1. The summed E-state index contributed by atoms with van der Waals surface area (Å²) in [6.07, 6.45) is 1.39. The molecule has 2 rings (SSSR count). The zero-order chi connectivity index (χ0) is 11.5. The molecule has 0 bridgehead atoms. The summed E-state index contributed by atoms with van der Waals surface area (Å²) in [4.78, 5) is 2.34. The smallest absolute Gasteiger partial charge is 0.251 e. The highest BCUT2D eigenvalue weighted by atomic mass is 19.3. The van der Waals surface area contributed by atoms with Crippen molar-refractivity contribution < 1.29 is 8.78 Å². The minimum absolute atomic E-state index is 0.123. The lowest BCUT2D eigenvalue weighted by Crippen LogP contribution is -2.49. The molecule has 1 aliphatic carbocycles. The Hall–Kier alpha value is -0.180. The first-order valence-electron chi connectivity index (χ1n) is 5.80. The van der Waals surface area contributed by atoms with Crippen LogP contribution in [-0.4, -0.2) is 29.5 Å². The van der Waals surface area contributed by atoms with E-state index in [1.165, 1.54) is 0 Å². The van der Waals surface area contributed by atoms with Gasteiger partial charge in [0, 0.05) is 17.5 Å². The summed E-state index contributed by atoms with van der Waals surface area (Å²) in [5.41, 5.74) is -0.521. The summed E-state index contributed by atoms with van der Waals surface area (Å²) in [6.45, 7) is 9.25. The van der Waals surface area contributed by atoms with Crippen LogP contribution in [0.4, 0.5) is 8.78 Å². The Labute approximate surface area is 90.8 Å². The topological polar surface area (TPSA) is 3.24 Å². The van der Waals surface area contributed by atoms with Gasteiger partial charge in [0.2, 0.25) is 0 Å². The molecule has 1 nitrogen and oxygen atoms in total. The standard InChI is InChI=1S/C12H21F2N/c1-10(2,3)15-6-5-12(11(4,13)14)7-9(12)8-15/h9H,5-8H2,1-4H3. The number of hydrogen-bond donors (Lipinski definition) is 0. The molecule has 2 fully saturated rings. The molecule has 0 aromatic carbocycles. The van der Waals surface area contributed by atoms with Crippen molar-refractivity contribution in [3.63, 3.8) is 0 Å². The fourth-order valence-corrected chi connectivity index (χ4v) is 2.98. The largest absolute Gasteiger partial charge is 0.298 e. The molecule has 88 valence electrons. The van der Waals surface area contributed by atoms with E-state index in [1.807, 2.05) is 0 Å². The average Bonchev–Trinajstić information content (AvgIpc) is 2.74. The summed E-state index contributed by atoms with van der Waals surface area (Å²) < 4.78 is 26.9. The number of piperidine rings is 1. The Morgan fingerprint density at radius 3 is 2.20 bits per heavy atom. The van der Waals surface area contributed by atoms with Gasteiger partial charge in [-0.1, -0.05) is 0 Å². The quantitative estimate of drug-likeness (QED) is 0.652. The van der Waals surface area contributed by atoms with E-state index in [0.717, 1.165) is 26.4 Å². The van der Waals surface area contributed by atoms with E-state index < -0.39 is 11.3 Å². The van der Waals surface area contributed by atoms with E-state index in [1.54, 1.807) is 0 Å². The maximum atomic E-state index is 13.4. The van der Waals surface area contributed by atoms with Crippen LogP contribution >= 0.6 is 0 Å². The third-order valence-electron chi connectivity index (χ3n) is 4.32. The van der Waals surface area contributed by atoms with E-state index >= 15 is 0 Å². The molecule has 15 heavy (non-hydrogen) atoms. The van der Waals surface area contributed by atoms with Gasteiger partial charge in [-0.25, -0.2) is 8.78 Å². The summed E-state index contributed by atoms with van der Waals surface area (Å²) in [6, 6.07) is 0. The minimum Gasteiger partial charge on any atom is -0.298 e. The van der Waals surface area contributed by atoms with Crippen LogP contribution < -0.4 is 0 Å². The fourth-order valence-electron chi connectivity index (χ4n) is 2.98. The van der Waals surface area contributed by atoms with E-state index in [4.69, 9.17) is 0 Å². The molecule has 0 spiro atoms. The Bertz CT molecular complexity index is 264. The monoisotopic (exact) mass is 217 g/mol. The molecular weight excluding hydrogens is 196 g/mol. The Morgan fingerprint density at radius 2 is 1.80 bits per heavy atom. The van der Waals surface area contributed by atoms with E-state index in [0.29, 0.717) is 6.42 Å². The van der Waals surface area contributed by atoms with Gasteiger partial charge >= 0.3 is 0 Å². The van der Waals surface area contributed by atoms with Crippen molar-refractivity contribution in [3.05, 3.63) is 0 Å². The van der Waals surface area contributed by atoms with Crippen molar-refractivity contribution in [2.24, 2.45) is 11.3 Å². The molecule has 1 saturated carbocycles. The van der Waals surface area contributed by atoms with Crippen LogP contribution in [0.25, 0.3) is 0 Å². The van der Waals surface area contributed by atoms with Crippen molar-refractivity contribution in [3.8, 4) is 0 Å². The lowest BCUT2D eigenvalue weighted by Gasteiger charge is -2.41. The molecule has 1 heterocycles. The van der Waals surface area contributed by atoms with Crippen LogP contribution in [0.1, 0.15) is 40.5 Å². The molecule has 0 amide bonds. The second-order valence-electron chi connectivity index (χ2n) is 6.31. The van der Waals surface area contributed by atoms with Gasteiger partial charge in [0.1, 0.15) is 0 Å². The van der Waals surface area contributed by atoms with Crippen molar-refractivity contribution >= 4 is 0 Å². The van der Waals surface area contributed by atoms with Crippen LogP contribution in [-0.2, 0) is 0 Å². The summed E-state index contributed by atoms with van der Waals surface area (Å²) in [7, 11) is 0. The van der Waals surface area contributed by atoms with Gasteiger partial charge in [-0.15, -0.1) is 0 Å². The van der Waals surface area contributed by atoms with Gasteiger partial charge in [-0.3, -0.25) is 4.90 Å². The first-order chi connectivity index (χ1) is 6.67. The number of nitrogens with zero attached hydrogens (tertiary/aromatic N) is 1. The number of likely N-dealkylation sites (tertiary alicyclic amines) is 1. The van der Waals surface area contributed by atoms with Crippen LogP contribution in [0.3, 0.4) is 0 Å². The Kier molecular flexibility index (Phi) is 2.21. The van der Waals surface area contributed by atoms with Gasteiger partial charge < -0.3 is 0 Å². The first kappa shape index (κ1) is 11.3. The highest BCUT2D eigenvalue weighted by Gasteiger charge is 2.68. The fraction of sp³-hybridized carbons (Fsp3) is 1.00. The predicted molar refractivity (Wildman–Crippen MR) is 57.1 cm³/mol. The van der Waals surface area contributed by atoms with Crippen LogP contribution in [0, 0.1) is 11.3 Å². The maximum Gasteiger partial charge on any atom is 0.251 e. The minimum atomic E-state index is -2.48. The summed E-state index contributed by atoms with van der Waals surface area (Å²) in [5, 5.41) is 0. The van der Waals surface area contributed by atoms with Crippen LogP contribution in [0.5, 0.6) is 0 Å². The van der Waals surface area contributed by atoms with Crippen molar-refractivity contribution in [2.45, 2.75) is 52.0 Å². The number of hydrogen-bond acceptors (Lipinski definition) is 1. The van der Waals surface area contributed by atoms with Gasteiger partial charge in [0.15, 0.2) is 0 Å². The van der Waals surface area contributed by atoms with E-state index in [9.17, 15) is 8.78 Å². The summed E-state index contributed by atoms with van der Waals surface area (Å²) in [5.74, 6) is -2.26. The second kappa shape index (κ2) is 2.93. The van der Waals surface area contributed by atoms with Gasteiger partial charge in [-0.05, 0) is 53.0 Å². The molecule has 2 unspecified atom stereocenters. The first-order valence-corrected chi connectivity index (χ1v) is 5.80. The van der Waals surface area contributed by atoms with E-state index in [2.05, 4.69) is 25.7 Å². The van der Waals surface area contributed by atoms with Gasteiger partial charge in [0.25, 0.3) is 5.92 Å². The highest BCUT2D eigenvalue weighted by Crippen LogP contribution is 2.66. The zero-order valence-electron chi connectivity index (χ0n) is 10.1. The average molecular weight is 217 g/mol. The molecular formula is C12H21F2N. The molecule has 2 atom stereocenters. The molecule has 2 aliphatic rings. The maximum absolute atomic E-state index is 13.4. The lowest BCUT2D eigenvalue weighted by molar-refractivity contribution is -0.0857. The number of alkyl halides is 2. The molecule has 0 radical (unpaired) electrons. The van der Waals surface area contributed by atoms with E-state index in [-0.39, 0.29) is 11.5 Å². The zero-order valence-corrected chi connectivity index (χ0v) is 10.1. The van der Waals surface area contributed by atoms with Crippen LogP contribution in [0.2, 0.25) is 0 Å². The molecule has 1 saturated heterocycles. The third-order valence-corrected chi connectivity index (χ3v) is 4.32. The normalized spacial score (nSPS) is 37.6. The molecule has 3 heteroatoms. The third kappa shape index (κ3) is 1.69. The molecule has 0 aromatic heterocycles. The van der Waals surface area contributed by atoms with Crippen molar-refractivity contribution in [1.82, 2.24) is 4.90 Å². The number of halogens is 2. The summed E-state index contributed by atoms with van der Waals surface area (Å²) >= 11 is 0. The Morgan fingerprint density at radius 1 is 1.20 bits per heavy atom. The van der Waals surface area contributed by atoms with Gasteiger partial charge in [0.05, 0.1) is 0 Å².